The normalized spacial score (nSPS) is 13.3. The van der Waals surface area contributed by atoms with Gasteiger partial charge in [0.1, 0.15) is 5.75 Å². The lowest BCUT2D eigenvalue weighted by Gasteiger charge is -2.16. The van der Waals surface area contributed by atoms with Crippen LogP contribution in [0.5, 0.6) is 5.75 Å². The van der Waals surface area contributed by atoms with Crippen molar-refractivity contribution in [2.45, 2.75) is 39.2 Å². The number of methoxy groups -OCH3 is 1. The number of thiophene rings is 1. The standard InChI is InChI=1S/C17H23NOS/c1-11-6-7-12(10-13(11)19-5)16(18)14-8-9-15(20-14)17(2,3)4/h6-10,16H,18H2,1-5H3. The quantitative estimate of drug-likeness (QED) is 0.908. The molecular weight excluding hydrogens is 266 g/mol. The summed E-state index contributed by atoms with van der Waals surface area (Å²) in [5, 5.41) is 0. The number of nitrogens with two attached hydrogens (primary N) is 1. The van der Waals surface area contributed by atoms with E-state index in [9.17, 15) is 0 Å². The summed E-state index contributed by atoms with van der Waals surface area (Å²) in [5.74, 6) is 0.894. The summed E-state index contributed by atoms with van der Waals surface area (Å²) < 4.78 is 5.38. The summed E-state index contributed by atoms with van der Waals surface area (Å²) in [7, 11) is 1.69. The van der Waals surface area contributed by atoms with Gasteiger partial charge in [0.25, 0.3) is 0 Å². The van der Waals surface area contributed by atoms with Crippen LogP contribution < -0.4 is 10.5 Å². The second-order valence-corrected chi connectivity index (χ2v) is 7.27. The second-order valence-electron chi connectivity index (χ2n) is 6.16. The van der Waals surface area contributed by atoms with E-state index in [2.05, 4.69) is 45.0 Å². The number of benzene rings is 1. The van der Waals surface area contributed by atoms with E-state index in [1.807, 2.05) is 13.0 Å². The highest BCUT2D eigenvalue weighted by Gasteiger charge is 2.19. The molecule has 0 aliphatic carbocycles. The molecule has 0 saturated heterocycles. The second kappa shape index (κ2) is 5.58. The van der Waals surface area contributed by atoms with E-state index in [-0.39, 0.29) is 11.5 Å². The van der Waals surface area contributed by atoms with Gasteiger partial charge in [0.2, 0.25) is 0 Å². The molecule has 108 valence electrons. The number of hydrogen-bond donors (Lipinski definition) is 1. The third-order valence-corrected chi connectivity index (χ3v) is 5.06. The van der Waals surface area contributed by atoms with Gasteiger partial charge >= 0.3 is 0 Å². The van der Waals surface area contributed by atoms with E-state index in [1.165, 1.54) is 9.75 Å². The highest BCUT2D eigenvalue weighted by Crippen LogP contribution is 2.34. The van der Waals surface area contributed by atoms with Crippen molar-refractivity contribution in [3.8, 4) is 5.75 Å². The van der Waals surface area contributed by atoms with Crippen LogP contribution in [-0.2, 0) is 5.41 Å². The Hall–Kier alpha value is -1.32. The Bertz CT molecular complexity index is 595. The third-order valence-electron chi connectivity index (χ3n) is 3.46. The largest absolute Gasteiger partial charge is 0.496 e. The minimum atomic E-state index is -0.0920. The van der Waals surface area contributed by atoms with E-state index in [4.69, 9.17) is 10.5 Å². The van der Waals surface area contributed by atoms with Gasteiger partial charge < -0.3 is 10.5 Å². The summed E-state index contributed by atoms with van der Waals surface area (Å²) in [4.78, 5) is 2.56. The van der Waals surface area contributed by atoms with Crippen LogP contribution in [0.1, 0.15) is 47.7 Å². The summed E-state index contributed by atoms with van der Waals surface area (Å²) in [6.07, 6.45) is 0. The van der Waals surface area contributed by atoms with Crippen LogP contribution in [0.4, 0.5) is 0 Å². The van der Waals surface area contributed by atoms with E-state index < -0.39 is 0 Å². The number of aryl methyl sites for hydroxylation is 1. The van der Waals surface area contributed by atoms with Crippen LogP contribution in [0.3, 0.4) is 0 Å². The highest BCUT2D eigenvalue weighted by molar-refractivity contribution is 7.12. The SMILES string of the molecule is COc1cc(C(N)c2ccc(C(C)(C)C)s2)ccc1C. The first-order chi connectivity index (χ1) is 9.32. The van der Waals surface area contributed by atoms with Crippen molar-refractivity contribution in [1.82, 2.24) is 0 Å². The summed E-state index contributed by atoms with van der Waals surface area (Å²) >= 11 is 1.79. The van der Waals surface area contributed by atoms with E-state index in [0.717, 1.165) is 16.9 Å². The molecular formula is C17H23NOS. The average Bonchev–Trinajstić information content (AvgIpc) is 2.88. The Labute approximate surface area is 125 Å². The van der Waals surface area contributed by atoms with Gasteiger partial charge in [-0.15, -0.1) is 11.3 Å². The fraction of sp³-hybridized carbons (Fsp3) is 0.412. The fourth-order valence-electron chi connectivity index (χ4n) is 2.12. The molecule has 0 spiro atoms. The Kier molecular flexibility index (Phi) is 4.21. The highest BCUT2D eigenvalue weighted by atomic mass is 32.1. The first-order valence-corrected chi connectivity index (χ1v) is 7.65. The maximum atomic E-state index is 6.40. The molecule has 2 N–H and O–H groups in total. The maximum Gasteiger partial charge on any atom is 0.122 e. The monoisotopic (exact) mass is 289 g/mol. The first-order valence-electron chi connectivity index (χ1n) is 6.83. The predicted molar refractivity (Wildman–Crippen MR) is 86.8 cm³/mol. The topological polar surface area (TPSA) is 35.2 Å². The van der Waals surface area contributed by atoms with Crippen LogP contribution in [0.2, 0.25) is 0 Å². The molecule has 0 bridgehead atoms. The molecule has 1 aromatic heterocycles. The molecule has 2 rings (SSSR count). The van der Waals surface area contributed by atoms with Gasteiger partial charge in [-0.2, -0.15) is 0 Å². The number of ether oxygens (including phenoxy) is 1. The van der Waals surface area contributed by atoms with Gasteiger partial charge in [0, 0.05) is 9.75 Å². The zero-order valence-electron chi connectivity index (χ0n) is 12.9. The van der Waals surface area contributed by atoms with Crippen LogP contribution in [0, 0.1) is 6.92 Å². The number of hydrogen-bond acceptors (Lipinski definition) is 3. The van der Waals surface area contributed by atoms with Crippen LogP contribution in [0.15, 0.2) is 30.3 Å². The van der Waals surface area contributed by atoms with Gasteiger partial charge in [-0.05, 0) is 41.7 Å². The molecule has 1 aromatic carbocycles. The molecule has 0 amide bonds. The summed E-state index contributed by atoms with van der Waals surface area (Å²) in [6, 6.07) is 10.4. The minimum absolute atomic E-state index is 0.0920. The van der Waals surface area contributed by atoms with Crippen molar-refractivity contribution in [2.24, 2.45) is 5.73 Å². The van der Waals surface area contributed by atoms with Crippen LogP contribution in [-0.4, -0.2) is 7.11 Å². The first kappa shape index (κ1) is 15.1. The molecule has 1 atom stereocenters. The van der Waals surface area contributed by atoms with Crippen molar-refractivity contribution >= 4 is 11.3 Å². The maximum absolute atomic E-state index is 6.40. The van der Waals surface area contributed by atoms with Crippen molar-refractivity contribution in [3.05, 3.63) is 51.2 Å². The van der Waals surface area contributed by atoms with E-state index in [0.29, 0.717) is 0 Å². The molecule has 2 aromatic rings. The minimum Gasteiger partial charge on any atom is -0.496 e. The van der Waals surface area contributed by atoms with Crippen LogP contribution in [0.25, 0.3) is 0 Å². The van der Waals surface area contributed by atoms with Crippen molar-refractivity contribution < 1.29 is 4.74 Å². The lowest BCUT2D eigenvalue weighted by molar-refractivity contribution is 0.411. The molecule has 1 unspecified atom stereocenters. The lowest BCUT2D eigenvalue weighted by Crippen LogP contribution is -2.11. The average molecular weight is 289 g/mol. The smallest absolute Gasteiger partial charge is 0.122 e. The summed E-state index contributed by atoms with van der Waals surface area (Å²) in [6.45, 7) is 8.71. The molecule has 1 heterocycles. The Morgan fingerprint density at radius 3 is 2.40 bits per heavy atom. The van der Waals surface area contributed by atoms with Crippen molar-refractivity contribution in [3.63, 3.8) is 0 Å². The third kappa shape index (κ3) is 3.05. The molecule has 3 heteroatoms. The molecule has 0 fully saturated rings. The zero-order valence-corrected chi connectivity index (χ0v) is 13.7. The zero-order chi connectivity index (χ0) is 14.9. The molecule has 0 radical (unpaired) electrons. The number of rotatable bonds is 3. The van der Waals surface area contributed by atoms with Crippen LogP contribution >= 0.6 is 11.3 Å². The predicted octanol–water partition coefficient (Wildman–Crippen LogP) is 4.41. The molecule has 0 aliphatic heterocycles. The molecule has 2 nitrogen and oxygen atoms in total. The Morgan fingerprint density at radius 2 is 1.85 bits per heavy atom. The molecule has 0 aliphatic rings. The van der Waals surface area contributed by atoms with Gasteiger partial charge in [-0.25, -0.2) is 0 Å². The van der Waals surface area contributed by atoms with Gasteiger partial charge in [-0.1, -0.05) is 32.9 Å². The van der Waals surface area contributed by atoms with Gasteiger partial charge in [0.05, 0.1) is 13.2 Å². The lowest BCUT2D eigenvalue weighted by atomic mass is 9.95. The molecule has 0 saturated carbocycles. The summed E-state index contributed by atoms with van der Waals surface area (Å²) in [5.41, 5.74) is 8.80. The van der Waals surface area contributed by atoms with Crippen molar-refractivity contribution in [1.29, 1.82) is 0 Å². The van der Waals surface area contributed by atoms with E-state index in [1.54, 1.807) is 18.4 Å². The Balaban J connectivity index is 2.31. The van der Waals surface area contributed by atoms with Gasteiger partial charge in [-0.3, -0.25) is 0 Å². The van der Waals surface area contributed by atoms with E-state index >= 15 is 0 Å². The fourth-order valence-corrected chi connectivity index (χ4v) is 3.21. The molecule has 20 heavy (non-hydrogen) atoms. The van der Waals surface area contributed by atoms with Gasteiger partial charge in [0.15, 0.2) is 0 Å². The Morgan fingerprint density at radius 1 is 1.15 bits per heavy atom. The van der Waals surface area contributed by atoms with Crippen molar-refractivity contribution in [2.75, 3.05) is 7.11 Å².